The number of hydrogen-bond donors (Lipinski definition) is 0. The Morgan fingerprint density at radius 1 is 1.16 bits per heavy atom. The second kappa shape index (κ2) is 4.67. The van der Waals surface area contributed by atoms with Gasteiger partial charge in [-0.3, -0.25) is 0 Å². The zero-order valence-electron chi connectivity index (χ0n) is 12.8. The molecule has 0 amide bonds. The summed E-state index contributed by atoms with van der Waals surface area (Å²) in [4.78, 5) is 0. The second-order valence-electron chi connectivity index (χ2n) is 7.43. The van der Waals surface area contributed by atoms with Crippen LogP contribution in [-0.2, 0) is 10.8 Å². The molecule has 0 atom stereocenters. The van der Waals surface area contributed by atoms with Gasteiger partial charge in [0.25, 0.3) is 0 Å². The lowest BCUT2D eigenvalue weighted by Crippen LogP contribution is -2.42. The molecule has 0 aliphatic heterocycles. The zero-order valence-corrected chi connectivity index (χ0v) is 12.8. The van der Waals surface area contributed by atoms with E-state index >= 15 is 0 Å². The summed E-state index contributed by atoms with van der Waals surface area (Å²) in [6, 6.07) is 11.3. The number of nitrogens with zero attached hydrogens (tertiary/aromatic N) is 1. The van der Waals surface area contributed by atoms with Crippen LogP contribution in [0.1, 0.15) is 58.6 Å². The van der Waals surface area contributed by atoms with E-state index in [9.17, 15) is 5.26 Å². The van der Waals surface area contributed by atoms with Crippen molar-refractivity contribution in [2.75, 3.05) is 0 Å². The van der Waals surface area contributed by atoms with Crippen LogP contribution in [0.25, 0.3) is 0 Å². The van der Waals surface area contributed by atoms with Gasteiger partial charge in [-0.15, -0.1) is 0 Å². The third kappa shape index (κ3) is 2.54. The van der Waals surface area contributed by atoms with E-state index in [4.69, 9.17) is 0 Å². The smallest absolute Gasteiger partial charge is 0.0827 e. The molecule has 1 nitrogen and oxygen atoms in total. The van der Waals surface area contributed by atoms with Gasteiger partial charge in [0, 0.05) is 0 Å². The van der Waals surface area contributed by atoms with Crippen LogP contribution in [0.3, 0.4) is 0 Å². The fraction of sp³-hybridized carbons (Fsp3) is 0.611. The fourth-order valence-corrected chi connectivity index (χ4v) is 2.99. The quantitative estimate of drug-likeness (QED) is 0.744. The predicted molar refractivity (Wildman–Crippen MR) is 80.0 cm³/mol. The van der Waals surface area contributed by atoms with E-state index in [-0.39, 0.29) is 10.8 Å². The highest BCUT2D eigenvalue weighted by atomic mass is 14.5. The van der Waals surface area contributed by atoms with Crippen molar-refractivity contribution in [3.05, 3.63) is 35.4 Å². The topological polar surface area (TPSA) is 23.8 Å². The van der Waals surface area contributed by atoms with Crippen molar-refractivity contribution in [1.82, 2.24) is 0 Å². The van der Waals surface area contributed by atoms with Gasteiger partial charge in [-0.25, -0.2) is 0 Å². The summed E-state index contributed by atoms with van der Waals surface area (Å²) in [5, 5.41) is 9.57. The molecule has 1 aliphatic rings. The summed E-state index contributed by atoms with van der Waals surface area (Å²) in [6.45, 7) is 11.2. The summed E-state index contributed by atoms with van der Waals surface area (Å²) >= 11 is 0. The van der Waals surface area contributed by atoms with Gasteiger partial charge >= 0.3 is 0 Å². The van der Waals surface area contributed by atoms with E-state index in [0.717, 1.165) is 12.8 Å². The van der Waals surface area contributed by atoms with Crippen molar-refractivity contribution < 1.29 is 0 Å². The molecule has 102 valence electrons. The maximum atomic E-state index is 9.57. The van der Waals surface area contributed by atoms with Crippen molar-refractivity contribution >= 4 is 0 Å². The molecule has 0 aromatic heterocycles. The van der Waals surface area contributed by atoms with Gasteiger partial charge in [-0.2, -0.15) is 5.26 Å². The lowest BCUT2D eigenvalue weighted by atomic mass is 9.56. The number of nitriles is 1. The first kappa shape index (κ1) is 14.1. The molecule has 1 saturated carbocycles. The van der Waals surface area contributed by atoms with Crippen LogP contribution < -0.4 is 0 Å². The molecule has 0 saturated heterocycles. The molecule has 0 N–H and O–H groups in total. The fourth-order valence-electron chi connectivity index (χ4n) is 2.99. The Labute approximate surface area is 117 Å². The third-order valence-electron chi connectivity index (χ3n) is 4.68. The highest BCUT2D eigenvalue weighted by Crippen LogP contribution is 2.50. The Morgan fingerprint density at radius 3 is 2.05 bits per heavy atom. The maximum absolute atomic E-state index is 9.57. The van der Waals surface area contributed by atoms with Crippen LogP contribution in [0, 0.1) is 23.2 Å². The Bertz CT molecular complexity index is 476. The van der Waals surface area contributed by atoms with E-state index in [1.807, 2.05) is 0 Å². The van der Waals surface area contributed by atoms with E-state index in [2.05, 4.69) is 65.0 Å². The Morgan fingerprint density at radius 2 is 1.68 bits per heavy atom. The van der Waals surface area contributed by atoms with Crippen LogP contribution in [0.5, 0.6) is 0 Å². The summed E-state index contributed by atoms with van der Waals surface area (Å²) in [5.41, 5.74) is 2.51. The first-order valence-corrected chi connectivity index (χ1v) is 7.31. The summed E-state index contributed by atoms with van der Waals surface area (Å²) in [5.74, 6) is 1.40. The molecular weight excluding hydrogens is 230 g/mol. The van der Waals surface area contributed by atoms with Gasteiger partial charge in [-0.05, 0) is 41.2 Å². The highest BCUT2D eigenvalue weighted by molar-refractivity contribution is 5.39. The standard InChI is InChI=1S/C18H25N/c1-13(2)14-10-18(11-14,12-19)16-8-6-15(7-9-16)17(3,4)5/h6-9,13-14H,10-11H2,1-5H3. The molecule has 0 bridgehead atoms. The molecule has 0 heterocycles. The molecule has 1 aromatic carbocycles. The predicted octanol–water partition coefficient (Wildman–Crippen LogP) is 4.81. The van der Waals surface area contributed by atoms with Crippen LogP contribution in [0.4, 0.5) is 0 Å². The first-order valence-electron chi connectivity index (χ1n) is 7.31. The zero-order chi connectivity index (χ0) is 14.3. The van der Waals surface area contributed by atoms with E-state index in [0.29, 0.717) is 11.8 Å². The molecule has 0 radical (unpaired) electrons. The number of hydrogen-bond acceptors (Lipinski definition) is 1. The molecule has 1 fully saturated rings. The van der Waals surface area contributed by atoms with Crippen LogP contribution in [-0.4, -0.2) is 0 Å². The number of rotatable bonds is 2. The molecule has 19 heavy (non-hydrogen) atoms. The molecule has 1 aromatic rings. The van der Waals surface area contributed by atoms with Crippen molar-refractivity contribution in [3.63, 3.8) is 0 Å². The minimum Gasteiger partial charge on any atom is -0.197 e. The average Bonchev–Trinajstić information content (AvgIpc) is 2.27. The van der Waals surface area contributed by atoms with Crippen LogP contribution >= 0.6 is 0 Å². The van der Waals surface area contributed by atoms with E-state index < -0.39 is 0 Å². The summed E-state index contributed by atoms with van der Waals surface area (Å²) < 4.78 is 0. The molecule has 0 spiro atoms. The van der Waals surface area contributed by atoms with Crippen LogP contribution in [0.15, 0.2) is 24.3 Å². The van der Waals surface area contributed by atoms with E-state index in [1.54, 1.807) is 0 Å². The first-order chi connectivity index (χ1) is 8.78. The minimum atomic E-state index is -0.217. The van der Waals surface area contributed by atoms with Gasteiger partial charge in [0.15, 0.2) is 0 Å². The minimum absolute atomic E-state index is 0.179. The third-order valence-corrected chi connectivity index (χ3v) is 4.68. The lowest BCUT2D eigenvalue weighted by molar-refractivity contribution is 0.145. The lowest BCUT2D eigenvalue weighted by Gasteiger charge is -2.45. The summed E-state index contributed by atoms with van der Waals surface area (Å²) in [6.07, 6.45) is 2.05. The largest absolute Gasteiger partial charge is 0.197 e. The Balaban J connectivity index is 2.21. The van der Waals surface area contributed by atoms with Crippen molar-refractivity contribution in [2.45, 2.75) is 58.3 Å². The molecule has 1 heteroatoms. The van der Waals surface area contributed by atoms with Gasteiger partial charge in [0.1, 0.15) is 0 Å². The summed E-state index contributed by atoms with van der Waals surface area (Å²) in [7, 11) is 0. The number of benzene rings is 1. The Kier molecular flexibility index (Phi) is 3.47. The van der Waals surface area contributed by atoms with Crippen LogP contribution in [0.2, 0.25) is 0 Å². The van der Waals surface area contributed by atoms with Gasteiger partial charge in [0.05, 0.1) is 11.5 Å². The maximum Gasteiger partial charge on any atom is 0.0827 e. The van der Waals surface area contributed by atoms with E-state index in [1.165, 1.54) is 11.1 Å². The van der Waals surface area contributed by atoms with Gasteiger partial charge < -0.3 is 0 Å². The molecule has 1 aliphatic carbocycles. The van der Waals surface area contributed by atoms with Gasteiger partial charge in [0.2, 0.25) is 0 Å². The average molecular weight is 255 g/mol. The SMILES string of the molecule is CC(C)C1CC(C#N)(c2ccc(C(C)(C)C)cc2)C1. The molecule has 0 unspecified atom stereocenters. The molecule has 2 rings (SSSR count). The van der Waals surface area contributed by atoms with Crippen molar-refractivity contribution in [1.29, 1.82) is 5.26 Å². The highest BCUT2D eigenvalue weighted by Gasteiger charge is 2.46. The monoisotopic (exact) mass is 255 g/mol. The van der Waals surface area contributed by atoms with Crippen molar-refractivity contribution in [2.24, 2.45) is 11.8 Å². The van der Waals surface area contributed by atoms with Gasteiger partial charge in [-0.1, -0.05) is 58.9 Å². The second-order valence-corrected chi connectivity index (χ2v) is 7.43. The van der Waals surface area contributed by atoms with Crippen molar-refractivity contribution in [3.8, 4) is 6.07 Å². The normalized spacial score (nSPS) is 26.9. The molecular formula is C18H25N. The Hall–Kier alpha value is -1.29.